The highest BCUT2D eigenvalue weighted by molar-refractivity contribution is 6.09. The van der Waals surface area contributed by atoms with E-state index in [0.29, 0.717) is 44.5 Å². The van der Waals surface area contributed by atoms with E-state index in [1.54, 1.807) is 0 Å². The minimum atomic E-state index is -0.479. The molecule has 242 valence electrons. The summed E-state index contributed by atoms with van der Waals surface area (Å²) in [6.45, 7) is 1.86. The standard InChI is InChI=1S/C37H38N4O6/c42-36(44-26-28-13-3-1-4-14-28)38-21-11-23-46-40-34-25-35(33-20-10-8-18-31(33)30-17-7-9-19-32(30)34)41-47-24-12-22-39-37(43)45-27-29-15-5-2-6-16-29/h1-10,13-20,25,40H,11-12,21-24,26-27H2,(H,38,42)(H,39,43). The van der Waals surface area contributed by atoms with Gasteiger partial charge >= 0.3 is 12.2 Å². The van der Waals surface area contributed by atoms with Crippen molar-refractivity contribution in [3.8, 4) is 0 Å². The van der Waals surface area contributed by atoms with Crippen LogP contribution in [0.25, 0.3) is 21.5 Å². The second kappa shape index (κ2) is 17.8. The smallest absolute Gasteiger partial charge is 0.407 e. The molecule has 2 amide bonds. The molecule has 10 nitrogen and oxygen atoms in total. The Hall–Kier alpha value is -5.61. The van der Waals surface area contributed by atoms with Crippen molar-refractivity contribution in [3.63, 3.8) is 0 Å². The predicted octanol–water partition coefficient (Wildman–Crippen LogP) is 6.80. The molecule has 10 heteroatoms. The molecule has 0 aliphatic heterocycles. The van der Waals surface area contributed by atoms with Crippen LogP contribution in [0.5, 0.6) is 0 Å². The molecule has 0 bridgehead atoms. The molecule has 0 aliphatic carbocycles. The Morgan fingerprint density at radius 3 is 1.66 bits per heavy atom. The van der Waals surface area contributed by atoms with E-state index in [9.17, 15) is 9.59 Å². The normalized spacial score (nSPS) is 11.2. The van der Waals surface area contributed by atoms with E-state index in [0.717, 1.165) is 38.4 Å². The molecule has 0 aliphatic rings. The van der Waals surface area contributed by atoms with Gasteiger partial charge in [-0.2, -0.15) is 0 Å². The fourth-order valence-corrected chi connectivity index (χ4v) is 4.80. The average molecular weight is 635 g/mol. The van der Waals surface area contributed by atoms with Gasteiger partial charge in [0.2, 0.25) is 0 Å². The van der Waals surface area contributed by atoms with Crippen LogP contribution < -0.4 is 21.5 Å². The topological polar surface area (TPSA) is 120 Å². The fraction of sp³-hybridized carbons (Fsp3) is 0.216. The van der Waals surface area contributed by atoms with Crippen LogP contribution in [0.4, 0.5) is 15.3 Å². The summed E-state index contributed by atoms with van der Waals surface area (Å²) >= 11 is 0. The number of hydrogen-bond acceptors (Lipinski definition) is 8. The maximum atomic E-state index is 12.0. The number of hydrogen-bond donors (Lipinski definition) is 3. The molecule has 5 aromatic carbocycles. The van der Waals surface area contributed by atoms with Crippen LogP contribution in [-0.4, -0.2) is 38.5 Å². The number of carbonyl (C=O) groups is 2. The Labute approximate surface area is 273 Å². The van der Waals surface area contributed by atoms with Gasteiger partial charge in [0.25, 0.3) is 0 Å². The number of ether oxygens (including phenoxy) is 2. The number of nitrogens with zero attached hydrogens (tertiary/aromatic N) is 1. The lowest BCUT2D eigenvalue weighted by Crippen LogP contribution is -2.26. The van der Waals surface area contributed by atoms with Gasteiger partial charge in [-0.25, -0.2) is 9.59 Å². The summed E-state index contributed by atoms with van der Waals surface area (Å²) in [6.07, 6.45) is 0.165. The lowest BCUT2D eigenvalue weighted by atomic mass is 10.1. The van der Waals surface area contributed by atoms with Gasteiger partial charge in [0.05, 0.1) is 12.3 Å². The van der Waals surface area contributed by atoms with Crippen molar-refractivity contribution in [1.29, 1.82) is 0 Å². The van der Waals surface area contributed by atoms with Crippen molar-refractivity contribution in [2.75, 3.05) is 31.8 Å². The highest BCUT2D eigenvalue weighted by atomic mass is 16.6. The number of nitrogens with one attached hydrogen (secondary N) is 3. The van der Waals surface area contributed by atoms with Gasteiger partial charge in [0.15, 0.2) is 0 Å². The Morgan fingerprint density at radius 1 is 0.574 bits per heavy atom. The molecule has 0 atom stereocenters. The molecule has 0 saturated carbocycles. The van der Waals surface area contributed by atoms with E-state index in [2.05, 4.69) is 33.4 Å². The zero-order valence-corrected chi connectivity index (χ0v) is 26.0. The summed E-state index contributed by atoms with van der Waals surface area (Å²) in [4.78, 5) is 35.5. The summed E-state index contributed by atoms with van der Waals surface area (Å²) in [6, 6.07) is 37.0. The number of benzene rings is 4. The first-order valence-corrected chi connectivity index (χ1v) is 15.5. The monoisotopic (exact) mass is 634 g/mol. The molecule has 0 spiro atoms. The van der Waals surface area contributed by atoms with Gasteiger partial charge in [0.1, 0.15) is 25.2 Å². The Bertz CT molecular complexity index is 1820. The van der Waals surface area contributed by atoms with Crippen molar-refractivity contribution in [2.24, 2.45) is 5.16 Å². The summed E-state index contributed by atoms with van der Waals surface area (Å²) in [5.74, 6) is 0. The zero-order chi connectivity index (χ0) is 32.5. The third-order valence-corrected chi connectivity index (χ3v) is 7.14. The number of alkyl carbamates (subject to hydrolysis) is 2. The van der Waals surface area contributed by atoms with Gasteiger partial charge in [-0.15, -0.1) is 0 Å². The Morgan fingerprint density at radius 2 is 1.06 bits per heavy atom. The van der Waals surface area contributed by atoms with Crippen LogP contribution in [0.2, 0.25) is 0 Å². The van der Waals surface area contributed by atoms with E-state index in [-0.39, 0.29) is 13.2 Å². The van der Waals surface area contributed by atoms with Gasteiger partial charge in [-0.3, -0.25) is 10.3 Å². The third kappa shape index (κ3) is 10.2. The average Bonchev–Trinajstić information content (AvgIpc) is 3.25. The molecule has 0 aromatic heterocycles. The van der Waals surface area contributed by atoms with Crippen LogP contribution in [0.1, 0.15) is 24.0 Å². The van der Waals surface area contributed by atoms with Gasteiger partial charge in [-0.05, 0) is 34.4 Å². The highest BCUT2D eigenvalue weighted by Crippen LogP contribution is 2.27. The van der Waals surface area contributed by atoms with E-state index >= 15 is 0 Å². The van der Waals surface area contributed by atoms with E-state index < -0.39 is 12.2 Å². The number of anilines is 1. The fourth-order valence-electron chi connectivity index (χ4n) is 4.80. The number of carbonyl (C=O) groups excluding carboxylic acids is 2. The first-order valence-electron chi connectivity index (χ1n) is 15.5. The van der Waals surface area contributed by atoms with Crippen molar-refractivity contribution in [2.45, 2.75) is 26.1 Å². The van der Waals surface area contributed by atoms with E-state index in [1.165, 1.54) is 0 Å². The van der Waals surface area contributed by atoms with Crippen LogP contribution in [0.3, 0.4) is 0 Å². The molecular weight excluding hydrogens is 596 g/mol. The first kappa shape index (κ1) is 32.8. The molecular formula is C37H38N4O6. The first-order chi connectivity index (χ1) is 23.2. The van der Waals surface area contributed by atoms with Crippen molar-refractivity contribution in [1.82, 2.24) is 10.6 Å². The summed E-state index contributed by atoms with van der Waals surface area (Å²) in [7, 11) is 0. The zero-order valence-electron chi connectivity index (χ0n) is 26.0. The predicted molar refractivity (Wildman–Crippen MR) is 181 cm³/mol. The quantitative estimate of drug-likeness (QED) is 0.0856. The molecule has 0 fully saturated rings. The summed E-state index contributed by atoms with van der Waals surface area (Å²) in [5, 5.41) is 14.5. The molecule has 0 radical (unpaired) electrons. The van der Waals surface area contributed by atoms with Crippen LogP contribution in [-0.2, 0) is 32.4 Å². The Kier molecular flexibility index (Phi) is 12.4. The maximum absolute atomic E-state index is 12.0. The van der Waals surface area contributed by atoms with Gasteiger partial charge < -0.3 is 24.9 Å². The number of fused-ring (bicyclic) bond motifs is 3. The number of rotatable bonds is 15. The lowest BCUT2D eigenvalue weighted by Gasteiger charge is -2.09. The molecule has 5 rings (SSSR count). The lowest BCUT2D eigenvalue weighted by molar-refractivity contribution is 0.124. The second-order valence-electron chi connectivity index (χ2n) is 10.6. The summed E-state index contributed by atoms with van der Waals surface area (Å²) < 4.78 is 10.5. The van der Waals surface area contributed by atoms with Crippen LogP contribution >= 0.6 is 0 Å². The van der Waals surface area contributed by atoms with Crippen molar-refractivity contribution >= 4 is 39.4 Å². The van der Waals surface area contributed by atoms with Crippen molar-refractivity contribution < 1.29 is 28.7 Å². The summed E-state index contributed by atoms with van der Waals surface area (Å²) in [5.41, 5.74) is 5.66. The molecule has 3 N–H and O–H groups in total. The van der Waals surface area contributed by atoms with Gasteiger partial charge in [-0.1, -0.05) is 114 Å². The number of amides is 2. The molecule has 0 unspecified atom stereocenters. The molecule has 0 heterocycles. The van der Waals surface area contributed by atoms with Crippen LogP contribution in [0.15, 0.2) is 120 Å². The minimum Gasteiger partial charge on any atom is -0.445 e. The van der Waals surface area contributed by atoms with Crippen molar-refractivity contribution in [3.05, 3.63) is 132 Å². The Balaban J connectivity index is 1.15. The highest BCUT2D eigenvalue weighted by Gasteiger charge is 2.08. The second-order valence-corrected chi connectivity index (χ2v) is 10.6. The molecule has 47 heavy (non-hydrogen) atoms. The maximum Gasteiger partial charge on any atom is 0.407 e. The molecule has 5 aromatic rings. The SMILES string of the molecule is O=C(NCCCON=c1cc(NOCCCNC(=O)OCc2ccccc2)c2ccccc2c2ccccc12)OCc1ccccc1. The van der Waals surface area contributed by atoms with Crippen LogP contribution in [0, 0.1) is 0 Å². The largest absolute Gasteiger partial charge is 0.445 e. The van der Waals surface area contributed by atoms with Gasteiger partial charge in [0, 0.05) is 30.3 Å². The van der Waals surface area contributed by atoms with E-state index in [4.69, 9.17) is 19.1 Å². The third-order valence-electron chi connectivity index (χ3n) is 7.14. The minimum absolute atomic E-state index is 0.214. The molecule has 0 saturated heterocycles. The van der Waals surface area contributed by atoms with E-state index in [1.807, 2.05) is 103 Å².